The van der Waals surface area contributed by atoms with Crippen molar-refractivity contribution < 1.29 is 30.2 Å². The minimum atomic E-state index is -0.915. The van der Waals surface area contributed by atoms with Gasteiger partial charge in [0, 0.05) is 29.9 Å². The number of rotatable bonds is 1. The van der Waals surface area contributed by atoms with Crippen molar-refractivity contribution in [3.05, 3.63) is 15.6 Å². The largest absolute Gasteiger partial charge is 1.00 e. The number of carboxylic acid groups (broad SMARTS) is 1. The van der Waals surface area contributed by atoms with Crippen molar-refractivity contribution in [1.82, 2.24) is 9.88 Å². The number of hydrogen-bond acceptors (Lipinski definition) is 4. The number of carbonyl (C=O) groups is 1. The fraction of sp³-hybridized carbons (Fsp3) is 0.636. The number of hydrogen-bond donors (Lipinski definition) is 1. The predicted octanol–water partition coefficient (Wildman–Crippen LogP) is -0.886. The summed E-state index contributed by atoms with van der Waals surface area (Å²) in [6, 6.07) is 0. The van der Waals surface area contributed by atoms with Crippen molar-refractivity contribution in [2.24, 2.45) is 0 Å². The Morgan fingerprint density at radius 2 is 2.18 bits per heavy atom. The monoisotopic (exact) mass is 248 g/mol. The van der Waals surface area contributed by atoms with Crippen LogP contribution in [-0.2, 0) is 13.0 Å². The second-order valence-electron chi connectivity index (χ2n) is 5.04. The molecule has 0 fully saturated rings. The van der Waals surface area contributed by atoms with Gasteiger partial charge in [-0.2, -0.15) is 0 Å². The first-order valence-corrected chi connectivity index (χ1v) is 6.16. The second kappa shape index (κ2) is 5.11. The Balaban J connectivity index is 0.00000144. The molecule has 1 aromatic heterocycles. The smallest absolute Gasteiger partial charge is 1.00 e. The molecule has 0 saturated carbocycles. The average Bonchev–Trinajstić information content (AvgIpc) is 2.58. The summed E-state index contributed by atoms with van der Waals surface area (Å²) in [5.74, 6) is -0.915. The van der Waals surface area contributed by atoms with Gasteiger partial charge < -0.3 is 6.53 Å². The molecule has 1 N–H and O–H groups in total. The molecule has 17 heavy (non-hydrogen) atoms. The van der Waals surface area contributed by atoms with Crippen molar-refractivity contribution in [2.45, 2.75) is 39.3 Å². The Morgan fingerprint density at radius 3 is 2.71 bits per heavy atom. The van der Waals surface area contributed by atoms with Crippen molar-refractivity contribution >= 4 is 17.3 Å². The van der Waals surface area contributed by atoms with Crippen LogP contribution in [0.25, 0.3) is 0 Å². The van der Waals surface area contributed by atoms with E-state index >= 15 is 0 Å². The zero-order valence-corrected chi connectivity index (χ0v) is 11.6. The molecule has 2 rings (SSSR count). The number of thiazole rings is 1. The molecule has 0 saturated heterocycles. The summed E-state index contributed by atoms with van der Waals surface area (Å²) in [4.78, 5) is 18.5. The quantitative estimate of drug-likeness (QED) is 0.655. The summed E-state index contributed by atoms with van der Waals surface area (Å²) in [5.41, 5.74) is 1.10. The van der Waals surface area contributed by atoms with Gasteiger partial charge in [0.05, 0.1) is 5.69 Å². The minimum Gasteiger partial charge on any atom is -1.00 e. The zero-order valence-electron chi connectivity index (χ0n) is 11.8. The van der Waals surface area contributed by atoms with E-state index in [0.717, 1.165) is 30.1 Å². The number of aromatic carboxylic acids is 1. The van der Waals surface area contributed by atoms with Crippen molar-refractivity contribution in [2.75, 3.05) is 6.54 Å². The molecular weight excluding hydrogens is 231 g/mol. The minimum absolute atomic E-state index is 0. The molecule has 0 unspecified atom stereocenters. The summed E-state index contributed by atoms with van der Waals surface area (Å²) in [6.45, 7) is 8.31. The maximum Gasteiger partial charge on any atom is 1.00 e. The first-order chi connectivity index (χ1) is 7.38. The molecule has 1 aliphatic rings. The third-order valence-electron chi connectivity index (χ3n) is 2.86. The summed E-state index contributed by atoms with van der Waals surface area (Å²) < 4.78 is 0. The predicted molar refractivity (Wildman–Crippen MR) is 64.1 cm³/mol. The van der Waals surface area contributed by atoms with E-state index in [1.165, 1.54) is 11.3 Å². The molecule has 4 nitrogen and oxygen atoms in total. The van der Waals surface area contributed by atoms with E-state index in [0.29, 0.717) is 0 Å². The molecular formula is C11H17LiN2O2S. The van der Waals surface area contributed by atoms with E-state index in [2.05, 4.69) is 30.7 Å². The van der Waals surface area contributed by atoms with E-state index in [-0.39, 0.29) is 30.8 Å². The topological polar surface area (TPSA) is 53.4 Å². The Morgan fingerprint density at radius 1 is 1.53 bits per heavy atom. The van der Waals surface area contributed by atoms with Crippen LogP contribution in [0.5, 0.6) is 0 Å². The first kappa shape index (κ1) is 14.7. The number of nitrogens with zero attached hydrogens (tertiary/aromatic N) is 2. The van der Waals surface area contributed by atoms with Crippen LogP contribution in [0.15, 0.2) is 0 Å². The average molecular weight is 248 g/mol. The molecule has 6 heteroatoms. The first-order valence-electron chi connectivity index (χ1n) is 5.35. The van der Waals surface area contributed by atoms with Gasteiger partial charge in [0.15, 0.2) is 0 Å². The van der Waals surface area contributed by atoms with Gasteiger partial charge in [0.1, 0.15) is 0 Å². The Bertz CT molecular complexity index is 431. The number of fused-ring (bicyclic) bond motifs is 1. The molecule has 0 atom stereocenters. The third-order valence-corrected chi connectivity index (χ3v) is 3.93. The molecule has 0 bridgehead atoms. The van der Waals surface area contributed by atoms with Gasteiger partial charge >= 0.3 is 24.8 Å². The van der Waals surface area contributed by atoms with Crippen LogP contribution < -0.4 is 18.9 Å². The molecule has 0 aromatic carbocycles. The van der Waals surface area contributed by atoms with Crippen LogP contribution >= 0.6 is 11.3 Å². The van der Waals surface area contributed by atoms with Crippen molar-refractivity contribution in [3.8, 4) is 0 Å². The SMILES string of the molecule is CC(C)(C)N1CCc2nc(C(=O)O)sc2C1.[H-].[Li+]. The van der Waals surface area contributed by atoms with Crippen LogP contribution in [0, 0.1) is 0 Å². The number of carboxylic acids is 1. The molecule has 0 amide bonds. The van der Waals surface area contributed by atoms with Gasteiger partial charge in [-0.25, -0.2) is 9.78 Å². The molecule has 1 aromatic rings. The van der Waals surface area contributed by atoms with E-state index in [9.17, 15) is 4.79 Å². The Labute approximate surface area is 119 Å². The maximum atomic E-state index is 10.8. The normalized spacial score (nSPS) is 16.2. The molecule has 2 heterocycles. The fourth-order valence-corrected chi connectivity index (χ4v) is 2.82. The van der Waals surface area contributed by atoms with Crippen LogP contribution in [0.1, 0.15) is 42.6 Å². The summed E-state index contributed by atoms with van der Waals surface area (Å²) in [6.07, 6.45) is 0.858. The van der Waals surface area contributed by atoms with Gasteiger partial charge in [-0.3, -0.25) is 4.90 Å². The Kier molecular flexibility index (Phi) is 4.42. The van der Waals surface area contributed by atoms with Crippen LogP contribution in [0.3, 0.4) is 0 Å². The summed E-state index contributed by atoms with van der Waals surface area (Å²) in [5, 5.41) is 9.12. The van der Waals surface area contributed by atoms with Gasteiger partial charge in [-0.1, -0.05) is 0 Å². The number of aromatic nitrogens is 1. The molecule has 1 aliphatic heterocycles. The van der Waals surface area contributed by atoms with Crippen LogP contribution in [0.4, 0.5) is 0 Å². The zero-order chi connectivity index (χ0) is 11.9. The van der Waals surface area contributed by atoms with Crippen LogP contribution in [0.2, 0.25) is 0 Å². The van der Waals surface area contributed by atoms with Crippen LogP contribution in [-0.4, -0.2) is 33.0 Å². The Hall–Kier alpha value is -0.343. The van der Waals surface area contributed by atoms with E-state index < -0.39 is 5.97 Å². The molecule has 0 radical (unpaired) electrons. The van der Waals surface area contributed by atoms with Gasteiger partial charge in [-0.05, 0) is 20.8 Å². The fourth-order valence-electron chi connectivity index (χ4n) is 1.86. The molecule has 90 valence electrons. The maximum absolute atomic E-state index is 10.8. The standard InChI is InChI=1S/C11H16N2O2S.Li.H/c1-11(2,3)13-5-4-7-8(6-13)16-9(12-7)10(14)15;;/h4-6H2,1-3H3,(H,14,15);;/q;+1;-1. The van der Waals surface area contributed by atoms with Gasteiger partial charge in [-0.15, -0.1) is 11.3 Å². The van der Waals surface area contributed by atoms with Crippen molar-refractivity contribution in [1.29, 1.82) is 0 Å². The van der Waals surface area contributed by atoms with Gasteiger partial charge in [0.2, 0.25) is 5.01 Å². The molecule has 0 aliphatic carbocycles. The van der Waals surface area contributed by atoms with E-state index in [4.69, 9.17) is 5.11 Å². The summed E-state index contributed by atoms with van der Waals surface area (Å²) in [7, 11) is 0. The van der Waals surface area contributed by atoms with Gasteiger partial charge in [0.25, 0.3) is 0 Å². The van der Waals surface area contributed by atoms with E-state index in [1.54, 1.807) is 0 Å². The van der Waals surface area contributed by atoms with E-state index in [1.807, 2.05) is 0 Å². The summed E-state index contributed by atoms with van der Waals surface area (Å²) >= 11 is 1.31. The second-order valence-corrected chi connectivity index (χ2v) is 6.12. The third kappa shape index (κ3) is 3.11. The molecule has 0 spiro atoms. The van der Waals surface area contributed by atoms with Crippen molar-refractivity contribution in [3.63, 3.8) is 0 Å².